The molecule has 25 heavy (non-hydrogen) atoms. The Kier molecular flexibility index (Phi) is 5.73. The van der Waals surface area contributed by atoms with Crippen molar-refractivity contribution < 1.29 is 14.2 Å². The fourth-order valence-electron chi connectivity index (χ4n) is 2.36. The van der Waals surface area contributed by atoms with E-state index in [0.717, 1.165) is 16.4 Å². The van der Waals surface area contributed by atoms with E-state index in [4.69, 9.17) is 4.74 Å². The van der Waals surface area contributed by atoms with Gasteiger partial charge in [0.05, 0.1) is 11.8 Å². The molecule has 0 bridgehead atoms. The summed E-state index contributed by atoms with van der Waals surface area (Å²) in [6, 6.07) is 13.8. The lowest BCUT2D eigenvalue weighted by atomic mass is 10.2. The van der Waals surface area contributed by atoms with E-state index in [1.807, 2.05) is 29.0 Å². The minimum atomic E-state index is -0.655. The standard InChI is InChI=1S/C19H19FN2O2S/c1-14-4-2-3-5-18(14)22-11-10-21-19(22)25-13-16(23)12-24-17-8-6-15(20)7-9-17/h2-11,16,23H,12-13H2,1H3/t16-/m1/s1. The van der Waals surface area contributed by atoms with Crippen molar-refractivity contribution in [1.29, 1.82) is 0 Å². The average molecular weight is 358 g/mol. The molecule has 0 aliphatic rings. The highest BCUT2D eigenvalue weighted by atomic mass is 32.2. The van der Waals surface area contributed by atoms with Gasteiger partial charge in [0.2, 0.25) is 0 Å². The SMILES string of the molecule is Cc1ccccc1-n1ccnc1SC[C@H](O)COc1ccc(F)cc1. The van der Waals surface area contributed by atoms with Crippen molar-refractivity contribution in [1.82, 2.24) is 9.55 Å². The van der Waals surface area contributed by atoms with Gasteiger partial charge in [-0.2, -0.15) is 0 Å². The summed E-state index contributed by atoms with van der Waals surface area (Å²) >= 11 is 1.46. The van der Waals surface area contributed by atoms with Crippen LogP contribution < -0.4 is 4.74 Å². The van der Waals surface area contributed by atoms with Crippen LogP contribution in [0.3, 0.4) is 0 Å². The largest absolute Gasteiger partial charge is 0.491 e. The lowest BCUT2D eigenvalue weighted by Gasteiger charge is -2.13. The number of ether oxygens (including phenoxy) is 1. The Hall–Kier alpha value is -2.31. The second kappa shape index (κ2) is 8.18. The van der Waals surface area contributed by atoms with Crippen molar-refractivity contribution in [2.45, 2.75) is 18.2 Å². The molecule has 0 amide bonds. The quantitative estimate of drug-likeness (QED) is 0.652. The van der Waals surface area contributed by atoms with Crippen LogP contribution in [0.5, 0.6) is 5.75 Å². The molecule has 1 aromatic heterocycles. The van der Waals surface area contributed by atoms with Gasteiger partial charge < -0.3 is 9.84 Å². The van der Waals surface area contributed by atoms with E-state index >= 15 is 0 Å². The number of benzene rings is 2. The fourth-order valence-corrected chi connectivity index (χ4v) is 3.23. The summed E-state index contributed by atoms with van der Waals surface area (Å²) in [7, 11) is 0. The highest BCUT2D eigenvalue weighted by Crippen LogP contribution is 2.23. The number of imidazole rings is 1. The number of para-hydroxylation sites is 1. The molecule has 0 aliphatic heterocycles. The molecule has 0 spiro atoms. The molecule has 1 heterocycles. The van der Waals surface area contributed by atoms with Gasteiger partial charge in [-0.25, -0.2) is 9.37 Å². The molecule has 0 saturated carbocycles. The first-order valence-corrected chi connectivity index (χ1v) is 8.90. The number of thioether (sulfide) groups is 1. The summed E-state index contributed by atoms with van der Waals surface area (Å²) in [4.78, 5) is 4.37. The molecule has 4 nitrogen and oxygen atoms in total. The maximum atomic E-state index is 12.9. The number of hydrogen-bond acceptors (Lipinski definition) is 4. The molecule has 130 valence electrons. The van der Waals surface area contributed by atoms with E-state index in [1.54, 1.807) is 18.3 Å². The van der Waals surface area contributed by atoms with Gasteiger partial charge in [0.15, 0.2) is 5.16 Å². The maximum absolute atomic E-state index is 12.9. The topological polar surface area (TPSA) is 47.3 Å². The number of aliphatic hydroxyl groups excluding tert-OH is 1. The molecular weight excluding hydrogens is 339 g/mol. The number of hydrogen-bond donors (Lipinski definition) is 1. The predicted molar refractivity (Wildman–Crippen MR) is 96.9 cm³/mol. The summed E-state index contributed by atoms with van der Waals surface area (Å²) in [5.41, 5.74) is 2.22. The average Bonchev–Trinajstić information content (AvgIpc) is 3.08. The smallest absolute Gasteiger partial charge is 0.172 e. The van der Waals surface area contributed by atoms with Crippen LogP contribution in [0.2, 0.25) is 0 Å². The van der Waals surface area contributed by atoms with Gasteiger partial charge in [0.25, 0.3) is 0 Å². The molecule has 1 atom stereocenters. The number of aromatic nitrogens is 2. The summed E-state index contributed by atoms with van der Waals surface area (Å²) < 4.78 is 20.3. The van der Waals surface area contributed by atoms with Crippen LogP contribution in [0, 0.1) is 12.7 Å². The number of nitrogens with zero attached hydrogens (tertiary/aromatic N) is 2. The number of halogens is 1. The zero-order chi connectivity index (χ0) is 17.6. The van der Waals surface area contributed by atoms with Crippen LogP contribution >= 0.6 is 11.8 Å². The number of rotatable bonds is 7. The van der Waals surface area contributed by atoms with Crippen molar-refractivity contribution >= 4 is 11.8 Å². The third-order valence-electron chi connectivity index (χ3n) is 3.64. The molecule has 0 aliphatic carbocycles. The summed E-state index contributed by atoms with van der Waals surface area (Å²) in [5.74, 6) is 0.669. The van der Waals surface area contributed by atoms with Crippen LogP contribution in [0.4, 0.5) is 4.39 Å². The molecular formula is C19H19FN2O2S. The van der Waals surface area contributed by atoms with E-state index in [2.05, 4.69) is 18.0 Å². The maximum Gasteiger partial charge on any atom is 0.172 e. The van der Waals surface area contributed by atoms with Gasteiger partial charge in [-0.1, -0.05) is 30.0 Å². The lowest BCUT2D eigenvalue weighted by Crippen LogP contribution is -2.20. The molecule has 0 radical (unpaired) electrons. The Morgan fingerprint density at radius 3 is 2.72 bits per heavy atom. The Balaban J connectivity index is 1.56. The molecule has 2 aromatic carbocycles. The molecule has 0 saturated heterocycles. The van der Waals surface area contributed by atoms with Crippen molar-refractivity contribution in [2.24, 2.45) is 0 Å². The second-order valence-electron chi connectivity index (χ2n) is 5.60. The summed E-state index contributed by atoms with van der Waals surface area (Å²) in [5, 5.41) is 10.9. The lowest BCUT2D eigenvalue weighted by molar-refractivity contribution is 0.126. The molecule has 3 rings (SSSR count). The van der Waals surface area contributed by atoms with Gasteiger partial charge in [0, 0.05) is 18.1 Å². The number of aryl methyl sites for hydroxylation is 1. The molecule has 3 aromatic rings. The van der Waals surface area contributed by atoms with E-state index in [1.165, 1.54) is 23.9 Å². The monoisotopic (exact) mass is 358 g/mol. The Morgan fingerprint density at radius 2 is 1.96 bits per heavy atom. The van der Waals surface area contributed by atoms with Crippen LogP contribution in [0.25, 0.3) is 5.69 Å². The zero-order valence-electron chi connectivity index (χ0n) is 13.8. The van der Waals surface area contributed by atoms with Crippen molar-refractivity contribution in [3.63, 3.8) is 0 Å². The minimum absolute atomic E-state index is 0.143. The molecule has 0 unspecified atom stereocenters. The minimum Gasteiger partial charge on any atom is -0.491 e. The first-order chi connectivity index (χ1) is 12.1. The van der Waals surface area contributed by atoms with Crippen LogP contribution in [-0.2, 0) is 0 Å². The summed E-state index contributed by atoms with van der Waals surface area (Å²) in [6.07, 6.45) is 3.00. The van der Waals surface area contributed by atoms with Crippen molar-refractivity contribution in [3.05, 3.63) is 72.3 Å². The van der Waals surface area contributed by atoms with Gasteiger partial charge in [-0.05, 0) is 42.8 Å². The molecule has 6 heteroatoms. The van der Waals surface area contributed by atoms with Gasteiger partial charge >= 0.3 is 0 Å². The first kappa shape index (κ1) is 17.5. The highest BCUT2D eigenvalue weighted by Gasteiger charge is 2.12. The van der Waals surface area contributed by atoms with Crippen LogP contribution in [0.15, 0.2) is 66.1 Å². The molecule has 1 N–H and O–H groups in total. The van der Waals surface area contributed by atoms with Gasteiger partial charge in [-0.15, -0.1) is 0 Å². The summed E-state index contributed by atoms with van der Waals surface area (Å²) in [6.45, 7) is 2.19. The van der Waals surface area contributed by atoms with Gasteiger partial charge in [-0.3, -0.25) is 4.57 Å². The van der Waals surface area contributed by atoms with E-state index in [9.17, 15) is 9.50 Å². The Morgan fingerprint density at radius 1 is 1.20 bits per heavy atom. The van der Waals surface area contributed by atoms with Crippen LogP contribution in [0.1, 0.15) is 5.56 Å². The normalized spacial score (nSPS) is 12.1. The second-order valence-corrected chi connectivity index (χ2v) is 6.58. The molecule has 0 fully saturated rings. The van der Waals surface area contributed by atoms with Crippen LogP contribution in [-0.4, -0.2) is 33.1 Å². The first-order valence-electron chi connectivity index (χ1n) is 7.92. The zero-order valence-corrected chi connectivity index (χ0v) is 14.6. The van der Waals surface area contributed by atoms with Crippen molar-refractivity contribution in [2.75, 3.05) is 12.4 Å². The highest BCUT2D eigenvalue weighted by molar-refractivity contribution is 7.99. The van der Waals surface area contributed by atoms with Gasteiger partial charge in [0.1, 0.15) is 18.2 Å². The Labute approximate surface area is 150 Å². The van der Waals surface area contributed by atoms with E-state index in [0.29, 0.717) is 11.5 Å². The number of aliphatic hydroxyl groups is 1. The van der Waals surface area contributed by atoms with Crippen molar-refractivity contribution in [3.8, 4) is 11.4 Å². The predicted octanol–water partition coefficient (Wildman–Crippen LogP) is 3.85. The van der Waals surface area contributed by atoms with E-state index in [-0.39, 0.29) is 12.4 Å². The third kappa shape index (κ3) is 4.61. The van der Waals surface area contributed by atoms with E-state index < -0.39 is 6.10 Å². The fraction of sp³-hybridized carbons (Fsp3) is 0.211. The Bertz CT molecular complexity index is 820. The third-order valence-corrected chi connectivity index (χ3v) is 4.75.